The van der Waals surface area contributed by atoms with E-state index in [4.69, 9.17) is 0 Å². The maximum atomic E-state index is 3.73. The second kappa shape index (κ2) is 4.55. The first-order valence-electron chi connectivity index (χ1n) is 7.24. The zero-order chi connectivity index (χ0) is 14.7. The van der Waals surface area contributed by atoms with Crippen LogP contribution in [0.2, 0.25) is 0 Å². The van der Waals surface area contributed by atoms with E-state index in [0.29, 0.717) is 0 Å². The predicted molar refractivity (Wildman–Crippen MR) is 102 cm³/mol. The van der Waals surface area contributed by atoms with Gasteiger partial charge in [0.2, 0.25) is 0 Å². The van der Waals surface area contributed by atoms with Crippen molar-refractivity contribution in [3.8, 4) is 0 Å². The second-order valence-corrected chi connectivity index (χ2v) is 7.48. The van der Waals surface area contributed by atoms with Crippen molar-refractivity contribution in [3.05, 3.63) is 71.2 Å². The van der Waals surface area contributed by atoms with Crippen LogP contribution in [0, 0.1) is 0 Å². The number of hydrogen-bond acceptors (Lipinski definition) is 1. The van der Waals surface area contributed by atoms with Crippen LogP contribution in [0.1, 0.15) is 0 Å². The zero-order valence-corrected chi connectivity index (χ0v) is 14.0. The molecule has 0 amide bonds. The van der Waals surface area contributed by atoms with Gasteiger partial charge in [-0.25, -0.2) is 0 Å². The highest BCUT2D eigenvalue weighted by atomic mass is 79.9. The fourth-order valence-electron chi connectivity index (χ4n) is 3.37. The lowest BCUT2D eigenvalue weighted by Crippen LogP contribution is -1.81. The van der Waals surface area contributed by atoms with Gasteiger partial charge in [0.25, 0.3) is 0 Å². The molecule has 104 valence electrons. The Hall–Kier alpha value is -1.90. The third-order valence-corrected chi connectivity index (χ3v) is 6.10. The average Bonchev–Trinajstić information content (AvgIpc) is 2.93. The molecule has 0 saturated heterocycles. The number of halogens is 1. The van der Waals surface area contributed by atoms with E-state index in [1.54, 1.807) is 0 Å². The van der Waals surface area contributed by atoms with E-state index in [0.717, 1.165) is 4.47 Å². The summed E-state index contributed by atoms with van der Waals surface area (Å²) in [6.07, 6.45) is 0. The van der Waals surface area contributed by atoms with E-state index in [1.807, 2.05) is 11.3 Å². The standard InChI is InChI=1S/C20H11BrS/c21-16-11-12-9-10-18-20(15-7-3-4-8-17(15)22-18)19(12)14-6-2-1-5-13(14)16/h1-11H. The Labute approximate surface area is 140 Å². The molecule has 0 fully saturated rings. The average molecular weight is 363 g/mol. The van der Waals surface area contributed by atoms with E-state index in [1.165, 1.54) is 41.7 Å². The van der Waals surface area contributed by atoms with Crippen molar-refractivity contribution in [1.29, 1.82) is 0 Å². The van der Waals surface area contributed by atoms with Crippen molar-refractivity contribution in [2.45, 2.75) is 0 Å². The van der Waals surface area contributed by atoms with Crippen LogP contribution in [-0.4, -0.2) is 0 Å². The minimum absolute atomic E-state index is 1.16. The minimum atomic E-state index is 1.16. The Morgan fingerprint density at radius 2 is 1.36 bits per heavy atom. The molecule has 1 heterocycles. The molecule has 0 bridgehead atoms. The number of fused-ring (bicyclic) bond motifs is 7. The van der Waals surface area contributed by atoms with Crippen molar-refractivity contribution in [1.82, 2.24) is 0 Å². The maximum absolute atomic E-state index is 3.73. The lowest BCUT2D eigenvalue weighted by Gasteiger charge is -2.08. The van der Waals surface area contributed by atoms with Crippen LogP contribution in [0.3, 0.4) is 0 Å². The van der Waals surface area contributed by atoms with Gasteiger partial charge in [0.1, 0.15) is 0 Å². The summed E-state index contributed by atoms with van der Waals surface area (Å²) in [5.74, 6) is 0. The zero-order valence-electron chi connectivity index (χ0n) is 11.6. The molecule has 1 aromatic heterocycles. The van der Waals surface area contributed by atoms with E-state index >= 15 is 0 Å². The topological polar surface area (TPSA) is 0 Å². The van der Waals surface area contributed by atoms with Gasteiger partial charge >= 0.3 is 0 Å². The molecule has 0 N–H and O–H groups in total. The second-order valence-electron chi connectivity index (χ2n) is 5.54. The molecule has 0 atom stereocenters. The van der Waals surface area contributed by atoms with E-state index in [9.17, 15) is 0 Å². The van der Waals surface area contributed by atoms with Gasteiger partial charge in [-0.1, -0.05) is 64.5 Å². The third kappa shape index (κ3) is 1.62. The van der Waals surface area contributed by atoms with Gasteiger partial charge in [-0.15, -0.1) is 11.3 Å². The monoisotopic (exact) mass is 362 g/mol. The Balaban J connectivity index is 2.19. The molecule has 0 nitrogen and oxygen atoms in total. The van der Waals surface area contributed by atoms with Gasteiger partial charge in [-0.3, -0.25) is 0 Å². The molecule has 0 spiro atoms. The molecule has 0 aliphatic carbocycles. The molecule has 5 aromatic rings. The van der Waals surface area contributed by atoms with Crippen LogP contribution in [0.5, 0.6) is 0 Å². The quantitative estimate of drug-likeness (QED) is 0.257. The van der Waals surface area contributed by atoms with Crippen LogP contribution in [0.25, 0.3) is 41.7 Å². The summed E-state index contributed by atoms with van der Waals surface area (Å²) in [4.78, 5) is 0. The Bertz CT molecular complexity index is 1180. The highest BCUT2D eigenvalue weighted by Gasteiger charge is 2.12. The van der Waals surface area contributed by atoms with Crippen molar-refractivity contribution in [3.63, 3.8) is 0 Å². The molecule has 0 aliphatic heterocycles. The van der Waals surface area contributed by atoms with E-state index < -0.39 is 0 Å². The lowest BCUT2D eigenvalue weighted by molar-refractivity contribution is 1.77. The summed E-state index contributed by atoms with van der Waals surface area (Å²) in [7, 11) is 0. The van der Waals surface area contributed by atoms with Crippen molar-refractivity contribution in [2.75, 3.05) is 0 Å². The summed E-state index contributed by atoms with van der Waals surface area (Å²) in [6.45, 7) is 0. The van der Waals surface area contributed by atoms with Crippen molar-refractivity contribution < 1.29 is 0 Å². The van der Waals surface area contributed by atoms with Crippen LogP contribution in [0.15, 0.2) is 71.2 Å². The molecule has 5 rings (SSSR count). The first-order valence-corrected chi connectivity index (χ1v) is 8.85. The smallest absolute Gasteiger partial charge is 0.0362 e. The highest BCUT2D eigenvalue weighted by molar-refractivity contribution is 9.10. The SMILES string of the molecule is Brc1cc2ccc3sc4ccccc4c3c2c2ccccc12. The Kier molecular flexibility index (Phi) is 2.61. The summed E-state index contributed by atoms with van der Waals surface area (Å²) in [5.41, 5.74) is 0. The fraction of sp³-hybridized carbons (Fsp3) is 0. The first kappa shape index (κ1) is 12.6. The number of thiophene rings is 1. The van der Waals surface area contributed by atoms with Crippen LogP contribution in [0.4, 0.5) is 0 Å². The molecule has 0 aliphatic rings. The highest BCUT2D eigenvalue weighted by Crippen LogP contribution is 2.42. The van der Waals surface area contributed by atoms with Crippen LogP contribution in [-0.2, 0) is 0 Å². The molecule has 0 unspecified atom stereocenters. The summed E-state index contributed by atoms with van der Waals surface area (Å²) in [5, 5.41) is 8.01. The van der Waals surface area contributed by atoms with Crippen LogP contribution >= 0.6 is 27.3 Å². The summed E-state index contributed by atoms with van der Waals surface area (Å²) >= 11 is 5.60. The molecular formula is C20H11BrS. The van der Waals surface area contributed by atoms with Gasteiger partial charge in [0.15, 0.2) is 0 Å². The van der Waals surface area contributed by atoms with Crippen molar-refractivity contribution >= 4 is 69.0 Å². The number of hydrogen-bond donors (Lipinski definition) is 0. The maximum Gasteiger partial charge on any atom is 0.0362 e. The lowest BCUT2D eigenvalue weighted by atomic mass is 9.98. The third-order valence-electron chi connectivity index (χ3n) is 4.31. The molecule has 4 aromatic carbocycles. The molecule has 2 heteroatoms. The normalized spacial score (nSPS) is 11.9. The van der Waals surface area contributed by atoms with E-state index in [-0.39, 0.29) is 0 Å². The number of rotatable bonds is 0. The van der Waals surface area contributed by atoms with Crippen molar-refractivity contribution in [2.24, 2.45) is 0 Å². The molecule has 22 heavy (non-hydrogen) atoms. The minimum Gasteiger partial charge on any atom is -0.135 e. The Morgan fingerprint density at radius 3 is 2.23 bits per heavy atom. The first-order chi connectivity index (χ1) is 10.8. The van der Waals surface area contributed by atoms with E-state index in [2.05, 4.69) is 82.7 Å². The van der Waals surface area contributed by atoms with Gasteiger partial charge in [0, 0.05) is 24.6 Å². The molecule has 0 saturated carbocycles. The Morgan fingerprint density at radius 1 is 0.636 bits per heavy atom. The van der Waals surface area contributed by atoms with Gasteiger partial charge in [-0.2, -0.15) is 0 Å². The van der Waals surface area contributed by atoms with Crippen LogP contribution < -0.4 is 0 Å². The largest absolute Gasteiger partial charge is 0.135 e. The summed E-state index contributed by atoms with van der Waals surface area (Å²) < 4.78 is 3.88. The fourth-order valence-corrected chi connectivity index (χ4v) is 5.07. The van der Waals surface area contributed by atoms with Gasteiger partial charge < -0.3 is 0 Å². The molecule has 0 radical (unpaired) electrons. The molecular weight excluding hydrogens is 352 g/mol. The number of benzene rings is 4. The predicted octanol–water partition coefficient (Wildman–Crippen LogP) is 7.12. The van der Waals surface area contributed by atoms with Gasteiger partial charge in [-0.05, 0) is 39.7 Å². The van der Waals surface area contributed by atoms with Gasteiger partial charge in [0.05, 0.1) is 0 Å². The summed E-state index contributed by atoms with van der Waals surface area (Å²) in [6, 6.07) is 24.1.